The van der Waals surface area contributed by atoms with Crippen molar-refractivity contribution < 1.29 is 0 Å². The second-order valence-electron chi connectivity index (χ2n) is 6.41. The molecule has 0 aliphatic heterocycles. The highest BCUT2D eigenvalue weighted by molar-refractivity contribution is 6.01. The van der Waals surface area contributed by atoms with E-state index < -0.39 is 0 Å². The molecule has 0 spiro atoms. The van der Waals surface area contributed by atoms with E-state index in [0.29, 0.717) is 0 Å². The molecule has 0 radical (unpaired) electrons. The third-order valence-corrected chi connectivity index (χ3v) is 4.71. The minimum absolute atomic E-state index is 0.219. The second kappa shape index (κ2) is 6.52. The summed E-state index contributed by atoms with van der Waals surface area (Å²) in [4.78, 5) is 0. The van der Waals surface area contributed by atoms with Gasteiger partial charge in [0.25, 0.3) is 0 Å². The Bertz CT molecular complexity index is 778. The highest BCUT2D eigenvalue weighted by Gasteiger charge is 2.20. The fraction of sp³-hybridized carbons (Fsp3) is 0.364. The Balaban J connectivity index is 0.000000847. The van der Waals surface area contributed by atoms with Gasteiger partial charge in [-0.1, -0.05) is 71.0 Å². The van der Waals surface area contributed by atoms with Crippen LogP contribution in [-0.4, -0.2) is 0 Å². The average molecular weight is 292 g/mol. The Labute approximate surface area is 135 Å². The molecule has 0 saturated carbocycles. The molecule has 0 heterocycles. The van der Waals surface area contributed by atoms with Crippen LogP contribution in [-0.2, 0) is 5.41 Å². The Hall–Kier alpha value is -1.82. The lowest BCUT2D eigenvalue weighted by Gasteiger charge is -2.25. The van der Waals surface area contributed by atoms with E-state index in [1.807, 2.05) is 13.8 Å². The monoisotopic (exact) mass is 292 g/mol. The lowest BCUT2D eigenvalue weighted by molar-refractivity contribution is 0.511. The quantitative estimate of drug-likeness (QED) is 0.445. The largest absolute Gasteiger partial charge is 0.0683 e. The Kier molecular flexibility index (Phi) is 4.90. The van der Waals surface area contributed by atoms with Crippen molar-refractivity contribution in [2.45, 2.75) is 53.4 Å². The van der Waals surface area contributed by atoms with Crippen molar-refractivity contribution in [3.8, 4) is 0 Å². The fourth-order valence-electron chi connectivity index (χ4n) is 2.99. The van der Waals surface area contributed by atoms with E-state index in [9.17, 15) is 0 Å². The van der Waals surface area contributed by atoms with Crippen LogP contribution in [0, 0.1) is 6.92 Å². The summed E-state index contributed by atoms with van der Waals surface area (Å²) < 4.78 is 0. The lowest BCUT2D eigenvalue weighted by Crippen LogP contribution is -2.15. The molecule has 0 amide bonds. The van der Waals surface area contributed by atoms with Gasteiger partial charge in [0, 0.05) is 0 Å². The number of benzene rings is 3. The Morgan fingerprint density at radius 3 is 2.00 bits per heavy atom. The Morgan fingerprint density at radius 2 is 1.36 bits per heavy atom. The van der Waals surface area contributed by atoms with Crippen LogP contribution in [0.3, 0.4) is 0 Å². The average Bonchev–Trinajstić information content (AvgIpc) is 2.55. The van der Waals surface area contributed by atoms with Gasteiger partial charge >= 0.3 is 0 Å². The normalized spacial score (nSPS) is 11.4. The van der Waals surface area contributed by atoms with Gasteiger partial charge in [0.05, 0.1) is 0 Å². The molecule has 3 rings (SSSR count). The van der Waals surface area contributed by atoms with Crippen LogP contribution in [0.4, 0.5) is 0 Å². The molecule has 0 N–H and O–H groups in total. The molecule has 0 unspecified atom stereocenters. The number of hydrogen-bond donors (Lipinski definition) is 0. The second-order valence-corrected chi connectivity index (χ2v) is 6.41. The van der Waals surface area contributed by atoms with E-state index in [1.165, 1.54) is 32.7 Å². The molecule has 0 bridgehead atoms. The van der Waals surface area contributed by atoms with E-state index in [1.54, 1.807) is 0 Å². The number of rotatable bonds is 2. The van der Waals surface area contributed by atoms with Gasteiger partial charge in [-0.25, -0.2) is 0 Å². The fourth-order valence-corrected chi connectivity index (χ4v) is 2.99. The van der Waals surface area contributed by atoms with Gasteiger partial charge in [-0.15, -0.1) is 0 Å². The summed E-state index contributed by atoms with van der Waals surface area (Å²) in [6, 6.07) is 18.0. The van der Waals surface area contributed by atoms with Crippen molar-refractivity contribution in [3.63, 3.8) is 0 Å². The van der Waals surface area contributed by atoms with Gasteiger partial charge < -0.3 is 0 Å². The maximum Gasteiger partial charge on any atom is -0.0100 e. The molecule has 0 fully saturated rings. The molecule has 0 heteroatoms. The van der Waals surface area contributed by atoms with Crippen molar-refractivity contribution >= 4 is 21.5 Å². The topological polar surface area (TPSA) is 0 Å². The minimum Gasteiger partial charge on any atom is -0.0683 e. The van der Waals surface area contributed by atoms with E-state index in [0.717, 1.165) is 6.42 Å². The van der Waals surface area contributed by atoms with Crippen LogP contribution in [0.5, 0.6) is 0 Å². The van der Waals surface area contributed by atoms with E-state index >= 15 is 0 Å². The number of aryl methyl sites for hydroxylation is 1. The first-order chi connectivity index (χ1) is 10.5. The first-order valence-corrected chi connectivity index (χ1v) is 8.45. The molecule has 3 aromatic rings. The summed E-state index contributed by atoms with van der Waals surface area (Å²) in [5.41, 5.74) is 3.03. The Morgan fingerprint density at radius 1 is 0.818 bits per heavy atom. The van der Waals surface area contributed by atoms with Gasteiger partial charge in [0.2, 0.25) is 0 Å². The van der Waals surface area contributed by atoms with Crippen LogP contribution < -0.4 is 0 Å². The maximum atomic E-state index is 2.37. The molecule has 0 nitrogen and oxygen atoms in total. The van der Waals surface area contributed by atoms with Crippen molar-refractivity contribution in [1.29, 1.82) is 0 Å². The third kappa shape index (κ3) is 2.88. The summed E-state index contributed by atoms with van der Waals surface area (Å²) in [6.45, 7) is 13.1. The zero-order chi connectivity index (χ0) is 16.3. The zero-order valence-corrected chi connectivity index (χ0v) is 14.8. The van der Waals surface area contributed by atoms with Gasteiger partial charge in [0.1, 0.15) is 0 Å². The minimum atomic E-state index is 0.219. The molecule has 0 aliphatic rings. The summed E-state index contributed by atoms with van der Waals surface area (Å²) >= 11 is 0. The molecule has 22 heavy (non-hydrogen) atoms. The van der Waals surface area contributed by atoms with Gasteiger partial charge in [0.15, 0.2) is 0 Å². The van der Waals surface area contributed by atoms with E-state index in [2.05, 4.69) is 76.2 Å². The van der Waals surface area contributed by atoms with Crippen molar-refractivity contribution in [2.75, 3.05) is 0 Å². The number of fused-ring (bicyclic) bond motifs is 2. The van der Waals surface area contributed by atoms with E-state index in [-0.39, 0.29) is 5.41 Å². The standard InChI is InChI=1S/C20H22.C2H6/c1-5-20(3,4)19-11-7-10-16-12-17-14(2)8-6-9-15(17)13-18(16)19;1-2/h6-13H,5H2,1-4H3;1-2H3. The predicted molar refractivity (Wildman–Crippen MR) is 101 cm³/mol. The molecule has 0 atom stereocenters. The number of hydrogen-bond acceptors (Lipinski definition) is 0. The molecule has 0 aliphatic carbocycles. The smallest absolute Gasteiger partial charge is 0.0100 e. The van der Waals surface area contributed by atoms with Crippen molar-refractivity contribution in [3.05, 3.63) is 59.7 Å². The maximum absolute atomic E-state index is 2.37. The van der Waals surface area contributed by atoms with Gasteiger partial charge in [-0.3, -0.25) is 0 Å². The highest BCUT2D eigenvalue weighted by atomic mass is 14.2. The molecule has 116 valence electrons. The third-order valence-electron chi connectivity index (χ3n) is 4.71. The van der Waals surface area contributed by atoms with Crippen LogP contribution >= 0.6 is 0 Å². The van der Waals surface area contributed by atoms with Gasteiger partial charge in [-0.2, -0.15) is 0 Å². The summed E-state index contributed by atoms with van der Waals surface area (Å²) in [5, 5.41) is 5.46. The summed E-state index contributed by atoms with van der Waals surface area (Å²) in [7, 11) is 0. The SMILES string of the molecule is CC.CCC(C)(C)c1cccc2cc3c(C)cccc3cc12. The zero-order valence-electron chi connectivity index (χ0n) is 14.8. The highest BCUT2D eigenvalue weighted by Crippen LogP contribution is 2.35. The van der Waals surface area contributed by atoms with Crippen LogP contribution in [0.1, 0.15) is 52.2 Å². The van der Waals surface area contributed by atoms with Crippen LogP contribution in [0.25, 0.3) is 21.5 Å². The van der Waals surface area contributed by atoms with Crippen LogP contribution in [0.15, 0.2) is 48.5 Å². The first kappa shape index (κ1) is 16.5. The van der Waals surface area contributed by atoms with E-state index in [4.69, 9.17) is 0 Å². The molecule has 0 saturated heterocycles. The lowest BCUT2D eigenvalue weighted by atomic mass is 9.79. The summed E-state index contributed by atoms with van der Waals surface area (Å²) in [6.07, 6.45) is 1.15. The molecule has 0 aromatic heterocycles. The first-order valence-electron chi connectivity index (χ1n) is 8.45. The molecular formula is C22H28. The van der Waals surface area contributed by atoms with Gasteiger partial charge in [-0.05, 0) is 63.6 Å². The predicted octanol–water partition coefficient (Wildman–Crippen LogP) is 7.02. The molecule has 3 aromatic carbocycles. The molecular weight excluding hydrogens is 264 g/mol. The summed E-state index contributed by atoms with van der Waals surface area (Å²) in [5.74, 6) is 0. The van der Waals surface area contributed by atoms with Crippen LogP contribution in [0.2, 0.25) is 0 Å². The van der Waals surface area contributed by atoms with Crippen molar-refractivity contribution in [2.24, 2.45) is 0 Å². The van der Waals surface area contributed by atoms with Crippen molar-refractivity contribution in [1.82, 2.24) is 0 Å².